The van der Waals surface area contributed by atoms with Crippen LogP contribution in [0.3, 0.4) is 0 Å². The maximum atomic E-state index is 15.1. The minimum absolute atomic E-state index is 0.0917. The molecule has 12 nitrogen and oxygen atoms in total. The third-order valence-corrected chi connectivity index (χ3v) is 8.43. The van der Waals surface area contributed by atoms with Gasteiger partial charge in [-0.15, -0.1) is 0 Å². The number of fused-ring (bicyclic) bond motifs is 1. The number of piperazine rings is 1. The summed E-state index contributed by atoms with van der Waals surface area (Å²) < 4.78 is 81.4. The fourth-order valence-electron chi connectivity index (χ4n) is 6.01. The lowest BCUT2D eigenvalue weighted by Crippen LogP contribution is -2.49. The van der Waals surface area contributed by atoms with E-state index in [1.54, 1.807) is 31.2 Å². The number of anilines is 3. The zero-order chi connectivity index (χ0) is 37.5. The van der Waals surface area contributed by atoms with Crippen LogP contribution in [0, 0.1) is 11.6 Å². The third-order valence-electron chi connectivity index (χ3n) is 8.43. The van der Waals surface area contributed by atoms with Gasteiger partial charge in [-0.2, -0.15) is 18.3 Å². The first-order valence-electron chi connectivity index (χ1n) is 17.0. The predicted octanol–water partition coefficient (Wildman–Crippen LogP) is 6.26. The Kier molecular flexibility index (Phi) is 11.6. The number of hydrogen-bond donors (Lipinski definition) is 2. The number of carbonyl (C=O) groups is 1. The first-order chi connectivity index (χ1) is 25.5. The quantitative estimate of drug-likeness (QED) is 0.0997. The van der Waals surface area contributed by atoms with E-state index in [-0.39, 0.29) is 48.6 Å². The van der Waals surface area contributed by atoms with Crippen molar-refractivity contribution in [3.8, 4) is 23.0 Å². The number of halogens is 5. The Morgan fingerprint density at radius 3 is 2.42 bits per heavy atom. The van der Waals surface area contributed by atoms with Gasteiger partial charge in [0.15, 0.2) is 17.4 Å². The second kappa shape index (κ2) is 16.5. The molecule has 53 heavy (non-hydrogen) atoms. The zero-order valence-corrected chi connectivity index (χ0v) is 29.1. The van der Waals surface area contributed by atoms with Gasteiger partial charge in [0.1, 0.15) is 28.9 Å². The molecule has 0 aliphatic carbocycles. The fourth-order valence-corrected chi connectivity index (χ4v) is 6.01. The summed E-state index contributed by atoms with van der Waals surface area (Å²) in [5.41, 5.74) is 1.31. The van der Waals surface area contributed by atoms with E-state index >= 15 is 8.78 Å². The van der Waals surface area contributed by atoms with Crippen LogP contribution in [-0.2, 0) is 11.3 Å². The van der Waals surface area contributed by atoms with Crippen molar-refractivity contribution in [3.05, 3.63) is 78.1 Å². The van der Waals surface area contributed by atoms with E-state index < -0.39 is 24.4 Å². The normalized spacial score (nSPS) is 14.0. The number of benzene rings is 2. The smallest absolute Gasteiger partial charge is 0.401 e. The molecule has 0 saturated carbocycles. The molecule has 3 aromatic heterocycles. The Morgan fingerprint density at radius 1 is 0.962 bits per heavy atom. The number of amides is 1. The fraction of sp³-hybridized carbons (Fsp3) is 0.361. The summed E-state index contributed by atoms with van der Waals surface area (Å²) in [6.45, 7) is 4.86. The lowest BCUT2D eigenvalue weighted by Gasteiger charge is -2.34. The van der Waals surface area contributed by atoms with Gasteiger partial charge >= 0.3 is 6.18 Å². The van der Waals surface area contributed by atoms with E-state index in [1.165, 1.54) is 28.9 Å². The van der Waals surface area contributed by atoms with E-state index in [1.807, 2.05) is 12.1 Å². The zero-order valence-electron chi connectivity index (χ0n) is 29.1. The first-order valence-corrected chi connectivity index (χ1v) is 17.0. The summed E-state index contributed by atoms with van der Waals surface area (Å²) in [7, 11) is 0. The maximum absolute atomic E-state index is 15.1. The summed E-state index contributed by atoms with van der Waals surface area (Å²) in [5, 5.41) is 11.2. The molecule has 1 saturated heterocycles. The van der Waals surface area contributed by atoms with E-state index in [2.05, 4.69) is 25.5 Å². The Bertz CT molecular complexity index is 2030. The number of pyridine rings is 1. The van der Waals surface area contributed by atoms with Crippen LogP contribution >= 0.6 is 0 Å². The molecule has 5 aromatic rings. The predicted molar refractivity (Wildman–Crippen MR) is 188 cm³/mol. The molecule has 1 amide bonds. The van der Waals surface area contributed by atoms with Crippen molar-refractivity contribution < 1.29 is 36.2 Å². The van der Waals surface area contributed by atoms with Crippen molar-refractivity contribution in [2.75, 3.05) is 63.1 Å². The molecule has 1 aliphatic rings. The van der Waals surface area contributed by atoms with Gasteiger partial charge in [-0.05, 0) is 25.5 Å². The molecule has 2 aromatic carbocycles. The standard InChI is InChI=1S/C36H38F5N9O3/c1-3-52-25-18-28(37)27(29(38)19-25)21-50-30-8-5-4-7-26(30)33(47-50)35-43-20-31(34(46-35)45-24-9-10-42-32(17-24)44-23(2)51)53-16-6-11-48-12-14-49(15-13-48)22-36(39,40)41/h4-5,7-10,17-20H,3,6,11-16,21-22H2,1-2H3,(H2,42,43,44,45,46,51). The van der Waals surface area contributed by atoms with Crippen LogP contribution in [-0.4, -0.2) is 99.1 Å². The van der Waals surface area contributed by atoms with Crippen molar-refractivity contribution in [1.29, 1.82) is 0 Å². The van der Waals surface area contributed by atoms with Crippen molar-refractivity contribution in [2.24, 2.45) is 0 Å². The number of nitrogens with one attached hydrogen (secondary N) is 2. The summed E-state index contributed by atoms with van der Waals surface area (Å²) in [5.74, 6) is -0.631. The van der Waals surface area contributed by atoms with E-state index in [9.17, 15) is 18.0 Å². The van der Waals surface area contributed by atoms with Gasteiger partial charge in [-0.3, -0.25) is 14.4 Å². The van der Waals surface area contributed by atoms with Crippen LogP contribution < -0.4 is 20.1 Å². The highest BCUT2D eigenvalue weighted by atomic mass is 19.4. The molecule has 0 spiro atoms. The molecule has 6 rings (SSSR count). The van der Waals surface area contributed by atoms with Gasteiger partial charge in [0.05, 0.1) is 38.0 Å². The van der Waals surface area contributed by atoms with Gasteiger partial charge in [-0.25, -0.2) is 23.7 Å². The number of carbonyl (C=O) groups excluding carboxylic acids is 1. The van der Waals surface area contributed by atoms with Crippen molar-refractivity contribution >= 4 is 34.1 Å². The van der Waals surface area contributed by atoms with Crippen LogP contribution in [0.1, 0.15) is 25.8 Å². The van der Waals surface area contributed by atoms with Gasteiger partial charge in [0, 0.05) is 80.7 Å². The Morgan fingerprint density at radius 2 is 1.70 bits per heavy atom. The van der Waals surface area contributed by atoms with Crippen molar-refractivity contribution in [3.63, 3.8) is 0 Å². The van der Waals surface area contributed by atoms with Crippen LogP contribution in [0.15, 0.2) is 60.9 Å². The van der Waals surface area contributed by atoms with Crippen LogP contribution in [0.25, 0.3) is 22.4 Å². The average Bonchev–Trinajstić information content (AvgIpc) is 3.47. The maximum Gasteiger partial charge on any atom is 0.401 e. The number of rotatable bonds is 14. The van der Waals surface area contributed by atoms with Crippen LogP contribution in [0.2, 0.25) is 0 Å². The molecule has 0 radical (unpaired) electrons. The van der Waals surface area contributed by atoms with E-state index in [4.69, 9.17) is 19.6 Å². The monoisotopic (exact) mass is 739 g/mol. The summed E-state index contributed by atoms with van der Waals surface area (Å²) in [6.07, 6.45) is -0.616. The SMILES string of the molecule is CCOc1cc(F)c(Cn2nc(-c3ncc(OCCCN4CCN(CC(F)(F)F)CC4)c(Nc4ccnc(NC(C)=O)c4)n3)c3ccccc32)c(F)c1. The lowest BCUT2D eigenvalue weighted by molar-refractivity contribution is -0.149. The molecule has 17 heteroatoms. The lowest BCUT2D eigenvalue weighted by atomic mass is 10.1. The highest BCUT2D eigenvalue weighted by molar-refractivity contribution is 5.92. The number of para-hydroxylation sites is 1. The second-order valence-corrected chi connectivity index (χ2v) is 12.4. The third kappa shape index (κ3) is 9.72. The number of hydrogen-bond acceptors (Lipinski definition) is 10. The molecule has 0 bridgehead atoms. The molecule has 0 atom stereocenters. The number of nitrogens with zero attached hydrogens (tertiary/aromatic N) is 7. The van der Waals surface area contributed by atoms with Crippen LogP contribution in [0.4, 0.5) is 39.3 Å². The molecule has 4 heterocycles. The highest BCUT2D eigenvalue weighted by Gasteiger charge is 2.32. The average molecular weight is 740 g/mol. The van der Waals surface area contributed by atoms with Gasteiger partial charge in [0.2, 0.25) is 5.91 Å². The number of ether oxygens (including phenoxy) is 2. The van der Waals surface area contributed by atoms with Gasteiger partial charge in [-0.1, -0.05) is 18.2 Å². The molecule has 1 aliphatic heterocycles. The number of aromatic nitrogens is 5. The molecule has 0 unspecified atom stereocenters. The van der Waals surface area contributed by atoms with Gasteiger partial charge in [0.25, 0.3) is 0 Å². The minimum atomic E-state index is -4.22. The van der Waals surface area contributed by atoms with Crippen LogP contribution in [0.5, 0.6) is 11.5 Å². The second-order valence-electron chi connectivity index (χ2n) is 12.4. The number of alkyl halides is 3. The summed E-state index contributed by atoms with van der Waals surface area (Å²) >= 11 is 0. The summed E-state index contributed by atoms with van der Waals surface area (Å²) in [4.78, 5) is 28.6. The Hall–Kier alpha value is -5.42. The highest BCUT2D eigenvalue weighted by Crippen LogP contribution is 2.32. The molecule has 2 N–H and O–H groups in total. The van der Waals surface area contributed by atoms with E-state index in [0.717, 1.165) is 12.1 Å². The Labute approximate surface area is 301 Å². The Balaban J connectivity index is 1.24. The minimum Gasteiger partial charge on any atom is -0.494 e. The summed E-state index contributed by atoms with van der Waals surface area (Å²) in [6, 6.07) is 12.8. The largest absolute Gasteiger partial charge is 0.494 e. The van der Waals surface area contributed by atoms with Gasteiger partial charge < -0.3 is 25.0 Å². The molecule has 1 fully saturated rings. The molecular formula is C36H38F5N9O3. The first kappa shape index (κ1) is 37.3. The van der Waals surface area contributed by atoms with Crippen molar-refractivity contribution in [2.45, 2.75) is 33.0 Å². The molecular weight excluding hydrogens is 701 g/mol. The topological polar surface area (TPSA) is 123 Å². The van der Waals surface area contributed by atoms with Crippen molar-refractivity contribution in [1.82, 2.24) is 34.5 Å². The van der Waals surface area contributed by atoms with E-state index in [0.29, 0.717) is 73.0 Å². The molecule has 280 valence electrons.